The summed E-state index contributed by atoms with van der Waals surface area (Å²) in [6.45, 7) is 2.22. The fourth-order valence-corrected chi connectivity index (χ4v) is 2.62. The summed E-state index contributed by atoms with van der Waals surface area (Å²) in [6, 6.07) is 0.461. The van der Waals surface area contributed by atoms with Crippen LogP contribution < -0.4 is 5.32 Å². The van der Waals surface area contributed by atoms with E-state index in [9.17, 15) is 0 Å². The Morgan fingerprint density at radius 3 is 3.18 bits per heavy atom. The first kappa shape index (κ1) is 11.0. The second-order valence-electron chi connectivity index (χ2n) is 4.79. The number of hydrogen-bond donors (Lipinski definition) is 1. The Bertz CT molecular complexity index is 532. The molecule has 0 aliphatic heterocycles. The molecule has 1 N–H and O–H groups in total. The van der Waals surface area contributed by atoms with Crippen LogP contribution in [0.15, 0.2) is 23.1 Å². The third kappa shape index (κ3) is 2.29. The van der Waals surface area contributed by atoms with Crippen LogP contribution in [-0.2, 0) is 0 Å². The molecule has 2 aromatic rings. The molecule has 1 unspecified atom stereocenters. The van der Waals surface area contributed by atoms with Gasteiger partial charge in [0.15, 0.2) is 5.82 Å². The summed E-state index contributed by atoms with van der Waals surface area (Å²) in [7, 11) is 0. The van der Waals surface area contributed by atoms with Gasteiger partial charge in [0.05, 0.1) is 10.7 Å². The normalized spacial score (nSPS) is 17.3. The number of nitrogens with zero attached hydrogens (tertiary/aromatic N) is 3. The van der Waals surface area contributed by atoms with Gasteiger partial charge >= 0.3 is 0 Å². The smallest absolute Gasteiger partial charge is 0.153 e. The van der Waals surface area contributed by atoms with E-state index in [0.717, 1.165) is 21.7 Å². The lowest BCUT2D eigenvalue weighted by atomic mass is 10.1. The Hall–Kier alpha value is -1.10. The van der Waals surface area contributed by atoms with Crippen LogP contribution in [-0.4, -0.2) is 20.6 Å². The third-order valence-corrected chi connectivity index (χ3v) is 3.73. The van der Waals surface area contributed by atoms with Crippen LogP contribution in [0.3, 0.4) is 0 Å². The number of hydrogen-bond acceptors (Lipinski definition) is 3. The Morgan fingerprint density at radius 2 is 2.41 bits per heavy atom. The summed E-state index contributed by atoms with van der Waals surface area (Å²) in [5.41, 5.74) is 1.01. The van der Waals surface area contributed by atoms with Crippen molar-refractivity contribution in [2.24, 2.45) is 5.92 Å². The molecule has 0 spiro atoms. The summed E-state index contributed by atoms with van der Waals surface area (Å²) in [6.07, 6.45) is 9.44. The minimum absolute atomic E-state index is 0.461. The van der Waals surface area contributed by atoms with Crippen molar-refractivity contribution in [3.8, 4) is 0 Å². The highest BCUT2D eigenvalue weighted by atomic mass is 79.9. The van der Waals surface area contributed by atoms with Gasteiger partial charge in [-0.05, 0) is 35.2 Å². The average Bonchev–Trinajstić information content (AvgIpc) is 3.02. The fraction of sp³-hybridized carbons (Fsp3) is 0.500. The van der Waals surface area contributed by atoms with Crippen molar-refractivity contribution >= 4 is 27.3 Å². The Labute approximate surface area is 109 Å². The molecule has 5 heteroatoms. The number of fused-ring (bicyclic) bond motifs is 1. The summed E-state index contributed by atoms with van der Waals surface area (Å²) < 4.78 is 2.82. The van der Waals surface area contributed by atoms with Crippen molar-refractivity contribution in [3.63, 3.8) is 0 Å². The van der Waals surface area contributed by atoms with Crippen LogP contribution in [0.1, 0.15) is 26.2 Å². The van der Waals surface area contributed by atoms with Crippen molar-refractivity contribution in [2.45, 2.75) is 32.2 Å². The van der Waals surface area contributed by atoms with E-state index in [1.807, 2.05) is 10.7 Å². The van der Waals surface area contributed by atoms with Crippen LogP contribution in [0.25, 0.3) is 5.52 Å². The standard InChI is InChI=1S/C12H15BrN4/c1-8(6-9-2-3-9)16-12-11-10(13)7-15-17(11)5-4-14-12/h4-5,7-9H,2-3,6H2,1H3,(H,14,16). The Morgan fingerprint density at radius 1 is 1.59 bits per heavy atom. The van der Waals surface area contributed by atoms with Crippen molar-refractivity contribution in [3.05, 3.63) is 23.1 Å². The molecular formula is C12H15BrN4. The molecule has 4 nitrogen and oxygen atoms in total. The van der Waals surface area contributed by atoms with Gasteiger partial charge in [-0.15, -0.1) is 0 Å². The van der Waals surface area contributed by atoms with E-state index in [-0.39, 0.29) is 0 Å². The van der Waals surface area contributed by atoms with E-state index in [1.165, 1.54) is 19.3 Å². The van der Waals surface area contributed by atoms with Gasteiger partial charge in [0.1, 0.15) is 5.52 Å². The zero-order valence-electron chi connectivity index (χ0n) is 9.73. The molecule has 0 amide bonds. The molecule has 1 aliphatic carbocycles. The number of halogens is 1. The lowest BCUT2D eigenvalue weighted by Gasteiger charge is -2.14. The van der Waals surface area contributed by atoms with Crippen molar-refractivity contribution in [1.82, 2.24) is 14.6 Å². The van der Waals surface area contributed by atoms with E-state index in [1.54, 1.807) is 12.4 Å². The maximum absolute atomic E-state index is 4.41. The van der Waals surface area contributed by atoms with Crippen LogP contribution in [0.5, 0.6) is 0 Å². The van der Waals surface area contributed by atoms with E-state index in [2.05, 4.69) is 38.3 Å². The van der Waals surface area contributed by atoms with Gasteiger partial charge < -0.3 is 5.32 Å². The van der Waals surface area contributed by atoms with Crippen molar-refractivity contribution in [2.75, 3.05) is 5.32 Å². The van der Waals surface area contributed by atoms with Gasteiger partial charge in [0, 0.05) is 18.4 Å². The van der Waals surface area contributed by atoms with E-state index >= 15 is 0 Å². The predicted molar refractivity (Wildman–Crippen MR) is 71.1 cm³/mol. The molecule has 0 aromatic carbocycles. The molecule has 1 aliphatic rings. The molecule has 1 fully saturated rings. The van der Waals surface area contributed by atoms with Crippen molar-refractivity contribution in [1.29, 1.82) is 0 Å². The van der Waals surface area contributed by atoms with Crippen LogP contribution >= 0.6 is 15.9 Å². The second kappa shape index (κ2) is 4.29. The molecule has 3 rings (SSSR count). The Kier molecular flexibility index (Phi) is 2.78. The first-order valence-electron chi connectivity index (χ1n) is 5.98. The lowest BCUT2D eigenvalue weighted by molar-refractivity contribution is 0.640. The fourth-order valence-electron chi connectivity index (χ4n) is 2.16. The van der Waals surface area contributed by atoms with Crippen molar-refractivity contribution < 1.29 is 0 Å². The predicted octanol–water partition coefficient (Wildman–Crippen LogP) is 3.09. The number of nitrogens with one attached hydrogen (secondary N) is 1. The molecule has 2 heterocycles. The summed E-state index contributed by atoms with van der Waals surface area (Å²) in [5.74, 6) is 1.83. The molecule has 2 aromatic heterocycles. The molecular weight excluding hydrogens is 280 g/mol. The molecule has 90 valence electrons. The summed E-state index contributed by atoms with van der Waals surface area (Å²) in [4.78, 5) is 4.41. The minimum Gasteiger partial charge on any atom is -0.366 e. The zero-order valence-corrected chi connectivity index (χ0v) is 11.3. The van der Waals surface area contributed by atoms with Gasteiger partial charge in [0.25, 0.3) is 0 Å². The summed E-state index contributed by atoms with van der Waals surface area (Å²) in [5, 5.41) is 7.73. The second-order valence-corrected chi connectivity index (χ2v) is 5.64. The molecule has 17 heavy (non-hydrogen) atoms. The monoisotopic (exact) mass is 294 g/mol. The van der Waals surface area contributed by atoms with Gasteiger partial charge in [0.2, 0.25) is 0 Å². The first-order chi connectivity index (χ1) is 8.24. The molecule has 1 saturated carbocycles. The number of aromatic nitrogens is 3. The molecule has 1 atom stereocenters. The molecule has 0 bridgehead atoms. The number of anilines is 1. The molecule has 0 radical (unpaired) electrons. The van der Waals surface area contributed by atoms with E-state index in [4.69, 9.17) is 0 Å². The average molecular weight is 295 g/mol. The highest BCUT2D eigenvalue weighted by molar-refractivity contribution is 9.10. The van der Waals surface area contributed by atoms with E-state index in [0.29, 0.717) is 6.04 Å². The first-order valence-corrected chi connectivity index (χ1v) is 6.77. The lowest BCUT2D eigenvalue weighted by Crippen LogP contribution is -2.17. The highest BCUT2D eigenvalue weighted by Crippen LogP contribution is 2.34. The SMILES string of the molecule is CC(CC1CC1)Nc1nccn2ncc(Br)c12. The van der Waals surface area contributed by atoms with Crippen LogP contribution in [0.4, 0.5) is 5.82 Å². The quantitative estimate of drug-likeness (QED) is 0.942. The maximum Gasteiger partial charge on any atom is 0.153 e. The third-order valence-electron chi connectivity index (χ3n) is 3.15. The summed E-state index contributed by atoms with van der Waals surface area (Å²) >= 11 is 3.51. The maximum atomic E-state index is 4.41. The van der Waals surface area contributed by atoms with Crippen LogP contribution in [0, 0.1) is 5.92 Å². The Balaban J connectivity index is 1.85. The van der Waals surface area contributed by atoms with Crippen LogP contribution in [0.2, 0.25) is 0 Å². The van der Waals surface area contributed by atoms with Gasteiger partial charge in [-0.2, -0.15) is 5.10 Å². The van der Waals surface area contributed by atoms with Gasteiger partial charge in [-0.1, -0.05) is 12.8 Å². The minimum atomic E-state index is 0.461. The van der Waals surface area contributed by atoms with Gasteiger partial charge in [-0.25, -0.2) is 9.50 Å². The highest BCUT2D eigenvalue weighted by Gasteiger charge is 2.24. The largest absolute Gasteiger partial charge is 0.366 e. The van der Waals surface area contributed by atoms with Gasteiger partial charge in [-0.3, -0.25) is 0 Å². The number of rotatable bonds is 4. The zero-order chi connectivity index (χ0) is 11.8. The molecule has 0 saturated heterocycles. The topological polar surface area (TPSA) is 42.2 Å². The van der Waals surface area contributed by atoms with E-state index < -0.39 is 0 Å².